The molecule has 0 aliphatic carbocycles. The summed E-state index contributed by atoms with van der Waals surface area (Å²) in [5.74, 6) is 1.63. The number of benzene rings is 2. The van der Waals surface area contributed by atoms with Gasteiger partial charge in [0.25, 0.3) is 5.69 Å². The van der Waals surface area contributed by atoms with Crippen molar-refractivity contribution in [3.63, 3.8) is 0 Å². The van der Waals surface area contributed by atoms with Crippen molar-refractivity contribution in [2.24, 2.45) is 0 Å². The molecule has 4 rings (SSSR count). The van der Waals surface area contributed by atoms with Gasteiger partial charge in [0.15, 0.2) is 0 Å². The van der Waals surface area contributed by atoms with Crippen molar-refractivity contribution < 1.29 is 14.1 Å². The van der Waals surface area contributed by atoms with Crippen LogP contribution in [0.4, 0.5) is 11.4 Å². The first-order chi connectivity index (χ1) is 15.0. The zero-order valence-electron chi connectivity index (χ0n) is 16.9. The molecule has 160 valence electrons. The van der Waals surface area contributed by atoms with Gasteiger partial charge in [0.05, 0.1) is 4.92 Å². The minimum Gasteiger partial charge on any atom is -0.461 e. The summed E-state index contributed by atoms with van der Waals surface area (Å²) in [4.78, 5) is 27.3. The number of hydrogen-bond acceptors (Lipinski definition) is 5. The SMILES string of the molecule is O=C(CCc1ccc(-c2ccccc2)o1)N1CCN(c2ccc(Cl)cc2[N+](=O)[O-])CC1. The van der Waals surface area contributed by atoms with Crippen LogP contribution in [0.25, 0.3) is 11.3 Å². The normalized spacial score (nSPS) is 14.0. The standard InChI is InChI=1S/C23H22ClN3O4/c24-18-6-9-20(21(16-18)27(29)30)25-12-14-26(15-13-25)23(28)11-8-19-7-10-22(31-19)17-4-2-1-3-5-17/h1-7,9-10,16H,8,11-15H2. The Balaban J connectivity index is 1.31. The van der Waals surface area contributed by atoms with E-state index in [4.69, 9.17) is 16.0 Å². The first-order valence-electron chi connectivity index (χ1n) is 10.1. The van der Waals surface area contributed by atoms with Gasteiger partial charge >= 0.3 is 0 Å². The fourth-order valence-corrected chi connectivity index (χ4v) is 3.93. The van der Waals surface area contributed by atoms with Crippen molar-refractivity contribution in [3.05, 3.63) is 81.6 Å². The van der Waals surface area contributed by atoms with Gasteiger partial charge in [-0.15, -0.1) is 0 Å². The summed E-state index contributed by atoms with van der Waals surface area (Å²) in [7, 11) is 0. The van der Waals surface area contributed by atoms with Gasteiger partial charge in [-0.05, 0) is 24.3 Å². The zero-order valence-corrected chi connectivity index (χ0v) is 17.6. The van der Waals surface area contributed by atoms with Crippen LogP contribution in [0.5, 0.6) is 0 Å². The molecule has 1 aliphatic heterocycles. The van der Waals surface area contributed by atoms with Crippen LogP contribution in [0.2, 0.25) is 5.02 Å². The van der Waals surface area contributed by atoms with E-state index in [2.05, 4.69) is 0 Å². The molecule has 2 heterocycles. The van der Waals surface area contributed by atoms with Gasteiger partial charge in [-0.1, -0.05) is 41.9 Å². The van der Waals surface area contributed by atoms with Crippen LogP contribution in [-0.2, 0) is 11.2 Å². The van der Waals surface area contributed by atoms with Gasteiger partial charge in [-0.25, -0.2) is 0 Å². The third kappa shape index (κ3) is 4.88. The number of piperazine rings is 1. The number of nitro benzene ring substituents is 1. The Kier molecular flexibility index (Phi) is 6.23. The minimum atomic E-state index is -0.425. The van der Waals surface area contributed by atoms with Crippen molar-refractivity contribution in [1.82, 2.24) is 4.90 Å². The number of anilines is 1. The molecule has 0 spiro atoms. The number of amides is 1. The Morgan fingerprint density at radius 3 is 2.48 bits per heavy atom. The Hall–Kier alpha value is -3.32. The minimum absolute atomic E-state index is 0.0145. The second-order valence-electron chi connectivity index (χ2n) is 7.39. The van der Waals surface area contributed by atoms with E-state index in [-0.39, 0.29) is 11.6 Å². The molecule has 31 heavy (non-hydrogen) atoms. The van der Waals surface area contributed by atoms with E-state index in [1.54, 1.807) is 17.0 Å². The highest BCUT2D eigenvalue weighted by Crippen LogP contribution is 2.31. The average Bonchev–Trinajstić information content (AvgIpc) is 3.27. The van der Waals surface area contributed by atoms with E-state index < -0.39 is 4.92 Å². The van der Waals surface area contributed by atoms with E-state index in [1.807, 2.05) is 47.4 Å². The maximum Gasteiger partial charge on any atom is 0.294 e. The summed E-state index contributed by atoms with van der Waals surface area (Å²) in [6.07, 6.45) is 0.900. The summed E-state index contributed by atoms with van der Waals surface area (Å²) in [6, 6.07) is 18.3. The van der Waals surface area contributed by atoms with Gasteiger partial charge in [-0.2, -0.15) is 0 Å². The summed E-state index contributed by atoms with van der Waals surface area (Å²) in [5, 5.41) is 11.7. The maximum atomic E-state index is 12.7. The first-order valence-corrected chi connectivity index (χ1v) is 10.5. The molecule has 0 unspecified atom stereocenters. The van der Waals surface area contributed by atoms with E-state index in [0.717, 1.165) is 17.1 Å². The van der Waals surface area contributed by atoms with Crippen LogP contribution < -0.4 is 4.90 Å². The number of carbonyl (C=O) groups excluding carboxylic acids is 1. The lowest BCUT2D eigenvalue weighted by Gasteiger charge is -2.35. The number of furan rings is 1. The lowest BCUT2D eigenvalue weighted by Crippen LogP contribution is -2.49. The topological polar surface area (TPSA) is 79.8 Å². The van der Waals surface area contributed by atoms with E-state index >= 15 is 0 Å². The Morgan fingerprint density at radius 2 is 1.77 bits per heavy atom. The highest BCUT2D eigenvalue weighted by molar-refractivity contribution is 6.30. The molecule has 0 bridgehead atoms. The van der Waals surface area contributed by atoms with Crippen molar-refractivity contribution in [2.45, 2.75) is 12.8 Å². The maximum absolute atomic E-state index is 12.7. The molecular weight excluding hydrogens is 418 g/mol. The summed E-state index contributed by atoms with van der Waals surface area (Å²) >= 11 is 5.90. The monoisotopic (exact) mass is 439 g/mol. The summed E-state index contributed by atoms with van der Waals surface area (Å²) < 4.78 is 5.87. The third-order valence-corrected chi connectivity index (χ3v) is 5.65. The van der Waals surface area contributed by atoms with Crippen LogP contribution in [-0.4, -0.2) is 41.9 Å². The van der Waals surface area contributed by atoms with Crippen molar-refractivity contribution in [1.29, 1.82) is 0 Å². The van der Waals surface area contributed by atoms with Crippen LogP contribution in [0.1, 0.15) is 12.2 Å². The Labute approximate surface area is 185 Å². The zero-order chi connectivity index (χ0) is 21.8. The highest BCUT2D eigenvalue weighted by Gasteiger charge is 2.26. The quantitative estimate of drug-likeness (QED) is 0.407. The number of carbonyl (C=O) groups is 1. The number of halogens is 1. The molecule has 1 aliphatic rings. The molecule has 7 nitrogen and oxygen atoms in total. The smallest absolute Gasteiger partial charge is 0.294 e. The van der Waals surface area contributed by atoms with Crippen LogP contribution in [0.15, 0.2) is 65.1 Å². The summed E-state index contributed by atoms with van der Waals surface area (Å²) in [6.45, 7) is 2.11. The molecule has 0 atom stereocenters. The van der Waals surface area contributed by atoms with Gasteiger partial charge in [-0.3, -0.25) is 14.9 Å². The fourth-order valence-electron chi connectivity index (χ4n) is 3.77. The van der Waals surface area contributed by atoms with E-state index in [1.165, 1.54) is 6.07 Å². The predicted octanol–water partition coefficient (Wildman–Crippen LogP) is 4.79. The second kappa shape index (κ2) is 9.22. The molecule has 0 N–H and O–H groups in total. The van der Waals surface area contributed by atoms with E-state index in [0.29, 0.717) is 49.7 Å². The Morgan fingerprint density at radius 1 is 1.03 bits per heavy atom. The molecule has 0 radical (unpaired) electrons. The van der Waals surface area contributed by atoms with Crippen molar-refractivity contribution in [2.75, 3.05) is 31.1 Å². The third-order valence-electron chi connectivity index (χ3n) is 5.41. The Bertz CT molecular complexity index is 1080. The van der Waals surface area contributed by atoms with Gasteiger partial charge in [0, 0.05) is 55.7 Å². The first kappa shape index (κ1) is 20.9. The highest BCUT2D eigenvalue weighted by atomic mass is 35.5. The number of hydrogen-bond donors (Lipinski definition) is 0. The molecule has 1 fully saturated rings. The lowest BCUT2D eigenvalue weighted by atomic mass is 10.2. The average molecular weight is 440 g/mol. The molecule has 3 aromatic rings. The van der Waals surface area contributed by atoms with Crippen molar-refractivity contribution >= 4 is 28.9 Å². The molecular formula is C23H22ClN3O4. The van der Waals surface area contributed by atoms with Crippen LogP contribution in [0, 0.1) is 10.1 Å². The molecule has 1 amide bonds. The van der Waals surface area contributed by atoms with Crippen molar-refractivity contribution in [3.8, 4) is 11.3 Å². The predicted molar refractivity (Wildman–Crippen MR) is 119 cm³/mol. The fraction of sp³-hybridized carbons (Fsp3) is 0.261. The number of rotatable bonds is 6. The van der Waals surface area contributed by atoms with Gasteiger partial charge in [0.2, 0.25) is 5.91 Å². The molecule has 8 heteroatoms. The van der Waals surface area contributed by atoms with E-state index in [9.17, 15) is 14.9 Å². The van der Waals surface area contributed by atoms with Crippen LogP contribution in [0.3, 0.4) is 0 Å². The van der Waals surface area contributed by atoms with Gasteiger partial charge in [0.1, 0.15) is 17.2 Å². The summed E-state index contributed by atoms with van der Waals surface area (Å²) in [5.41, 5.74) is 1.53. The number of aryl methyl sites for hydroxylation is 1. The second-order valence-corrected chi connectivity index (χ2v) is 7.83. The molecule has 1 saturated heterocycles. The lowest BCUT2D eigenvalue weighted by molar-refractivity contribution is -0.384. The molecule has 2 aromatic carbocycles. The number of nitrogens with zero attached hydrogens (tertiary/aromatic N) is 3. The number of nitro groups is 1. The van der Waals surface area contributed by atoms with Gasteiger partial charge < -0.3 is 14.2 Å². The van der Waals surface area contributed by atoms with Crippen LogP contribution >= 0.6 is 11.6 Å². The molecule has 0 saturated carbocycles. The molecule has 1 aromatic heterocycles. The largest absolute Gasteiger partial charge is 0.461 e.